The van der Waals surface area contributed by atoms with E-state index in [0.29, 0.717) is 30.9 Å². The number of ether oxygens (including phenoxy) is 1. The molecule has 2 atom stereocenters. The molecule has 0 aliphatic carbocycles. The molecule has 0 saturated carbocycles. The van der Waals surface area contributed by atoms with E-state index in [9.17, 15) is 9.50 Å². The first-order valence-electron chi connectivity index (χ1n) is 6.95. The van der Waals surface area contributed by atoms with Crippen LogP contribution in [-0.2, 0) is 10.3 Å². The minimum atomic E-state index is -1.10. The lowest BCUT2D eigenvalue weighted by molar-refractivity contribution is -0.122. The van der Waals surface area contributed by atoms with Crippen LogP contribution in [0, 0.1) is 25.6 Å². The summed E-state index contributed by atoms with van der Waals surface area (Å²) < 4.78 is 19.9. The molecule has 0 radical (unpaired) electrons. The van der Waals surface area contributed by atoms with Crippen LogP contribution in [0.2, 0.25) is 0 Å². The van der Waals surface area contributed by atoms with Gasteiger partial charge in [-0.1, -0.05) is 19.9 Å². The highest BCUT2D eigenvalue weighted by molar-refractivity contribution is 5.36. The largest absolute Gasteiger partial charge is 0.385 e. The van der Waals surface area contributed by atoms with E-state index in [1.807, 2.05) is 19.9 Å². The first kappa shape index (κ1) is 14.5. The zero-order valence-electron chi connectivity index (χ0n) is 12.2. The van der Waals surface area contributed by atoms with Crippen molar-refractivity contribution < 1.29 is 14.2 Å². The SMILES string of the molecule is Cc1cc(C)c(C2(O)CCOC(C(C)C)C2)c(F)c1. The molecule has 2 unspecified atom stereocenters. The predicted molar refractivity (Wildman–Crippen MR) is 73.6 cm³/mol. The van der Waals surface area contributed by atoms with Gasteiger partial charge in [-0.2, -0.15) is 0 Å². The summed E-state index contributed by atoms with van der Waals surface area (Å²) >= 11 is 0. The van der Waals surface area contributed by atoms with E-state index < -0.39 is 5.60 Å². The fourth-order valence-corrected chi connectivity index (χ4v) is 3.03. The van der Waals surface area contributed by atoms with Gasteiger partial charge in [0, 0.05) is 18.4 Å². The standard InChI is InChI=1S/C16H23FO2/c1-10(2)14-9-16(18,5-6-19-14)15-12(4)7-11(3)8-13(15)17/h7-8,10,14,18H,5-6,9H2,1-4H3. The molecule has 1 aliphatic heterocycles. The molecule has 0 amide bonds. The lowest BCUT2D eigenvalue weighted by atomic mass is 9.79. The molecule has 2 rings (SSSR count). The molecule has 3 heteroatoms. The second kappa shape index (κ2) is 5.22. The van der Waals surface area contributed by atoms with Crippen molar-refractivity contribution in [3.8, 4) is 0 Å². The molecular formula is C16H23FO2. The van der Waals surface area contributed by atoms with Gasteiger partial charge in [-0.15, -0.1) is 0 Å². The Morgan fingerprint density at radius 3 is 2.63 bits per heavy atom. The van der Waals surface area contributed by atoms with Gasteiger partial charge in [0.25, 0.3) is 0 Å². The third-order valence-corrected chi connectivity index (χ3v) is 4.03. The lowest BCUT2D eigenvalue weighted by Crippen LogP contribution is -2.41. The molecule has 0 bridgehead atoms. The Kier molecular flexibility index (Phi) is 3.98. The van der Waals surface area contributed by atoms with Gasteiger partial charge >= 0.3 is 0 Å². The highest BCUT2D eigenvalue weighted by Crippen LogP contribution is 2.39. The monoisotopic (exact) mass is 266 g/mol. The van der Waals surface area contributed by atoms with Gasteiger partial charge in [-0.3, -0.25) is 0 Å². The van der Waals surface area contributed by atoms with Gasteiger partial charge in [0.15, 0.2) is 0 Å². The van der Waals surface area contributed by atoms with Crippen LogP contribution in [-0.4, -0.2) is 17.8 Å². The number of aliphatic hydroxyl groups is 1. The van der Waals surface area contributed by atoms with Crippen molar-refractivity contribution in [1.29, 1.82) is 0 Å². The molecular weight excluding hydrogens is 243 g/mol. The van der Waals surface area contributed by atoms with E-state index >= 15 is 0 Å². The average molecular weight is 266 g/mol. The maximum Gasteiger partial charge on any atom is 0.129 e. The van der Waals surface area contributed by atoms with Crippen LogP contribution < -0.4 is 0 Å². The fourth-order valence-electron chi connectivity index (χ4n) is 3.03. The van der Waals surface area contributed by atoms with Crippen molar-refractivity contribution >= 4 is 0 Å². The first-order chi connectivity index (χ1) is 8.83. The molecule has 106 valence electrons. The van der Waals surface area contributed by atoms with Crippen molar-refractivity contribution in [2.24, 2.45) is 5.92 Å². The summed E-state index contributed by atoms with van der Waals surface area (Å²) in [7, 11) is 0. The highest BCUT2D eigenvalue weighted by atomic mass is 19.1. The van der Waals surface area contributed by atoms with E-state index in [2.05, 4.69) is 13.8 Å². The molecule has 19 heavy (non-hydrogen) atoms. The Morgan fingerprint density at radius 2 is 2.05 bits per heavy atom. The van der Waals surface area contributed by atoms with Crippen LogP contribution in [0.4, 0.5) is 4.39 Å². The van der Waals surface area contributed by atoms with E-state index in [1.165, 1.54) is 6.07 Å². The molecule has 0 spiro atoms. The molecule has 1 fully saturated rings. The van der Waals surface area contributed by atoms with Crippen molar-refractivity contribution in [3.05, 3.63) is 34.6 Å². The van der Waals surface area contributed by atoms with Crippen molar-refractivity contribution in [2.45, 2.75) is 52.2 Å². The molecule has 1 aromatic rings. The zero-order chi connectivity index (χ0) is 14.2. The van der Waals surface area contributed by atoms with Crippen LogP contribution in [0.3, 0.4) is 0 Å². The topological polar surface area (TPSA) is 29.5 Å². The normalized spacial score (nSPS) is 27.8. The van der Waals surface area contributed by atoms with Gasteiger partial charge < -0.3 is 9.84 Å². The Labute approximate surface area is 114 Å². The average Bonchev–Trinajstić information content (AvgIpc) is 2.26. The zero-order valence-corrected chi connectivity index (χ0v) is 12.2. The minimum Gasteiger partial charge on any atom is -0.385 e. The maximum absolute atomic E-state index is 14.3. The number of aryl methyl sites for hydroxylation is 2. The molecule has 2 nitrogen and oxygen atoms in total. The molecule has 1 saturated heterocycles. The van der Waals surface area contributed by atoms with Crippen LogP contribution in [0.15, 0.2) is 12.1 Å². The summed E-state index contributed by atoms with van der Waals surface area (Å²) in [6.07, 6.45) is 0.904. The maximum atomic E-state index is 14.3. The van der Waals surface area contributed by atoms with Crippen molar-refractivity contribution in [3.63, 3.8) is 0 Å². The Balaban J connectivity index is 2.39. The number of hydrogen-bond acceptors (Lipinski definition) is 2. The molecule has 1 aliphatic rings. The van der Waals surface area contributed by atoms with Gasteiger partial charge in [0.1, 0.15) is 5.82 Å². The fraction of sp³-hybridized carbons (Fsp3) is 0.625. The number of benzene rings is 1. The lowest BCUT2D eigenvalue weighted by Gasteiger charge is -2.39. The second-order valence-electron chi connectivity index (χ2n) is 6.08. The van der Waals surface area contributed by atoms with Crippen LogP contribution in [0.1, 0.15) is 43.4 Å². The summed E-state index contributed by atoms with van der Waals surface area (Å²) in [5.41, 5.74) is 1.06. The third-order valence-electron chi connectivity index (χ3n) is 4.03. The van der Waals surface area contributed by atoms with Crippen LogP contribution in [0.25, 0.3) is 0 Å². The van der Waals surface area contributed by atoms with Gasteiger partial charge in [0.05, 0.1) is 18.3 Å². The quantitative estimate of drug-likeness (QED) is 0.888. The third kappa shape index (κ3) is 2.82. The van der Waals surface area contributed by atoms with Crippen LogP contribution in [0.5, 0.6) is 0 Å². The minimum absolute atomic E-state index is 0.0150. The second-order valence-corrected chi connectivity index (χ2v) is 6.08. The van der Waals surface area contributed by atoms with Gasteiger partial charge in [-0.25, -0.2) is 4.39 Å². The van der Waals surface area contributed by atoms with Crippen LogP contribution >= 0.6 is 0 Å². The first-order valence-corrected chi connectivity index (χ1v) is 6.95. The van der Waals surface area contributed by atoms with E-state index in [4.69, 9.17) is 4.74 Å². The Bertz CT molecular complexity index is 447. The van der Waals surface area contributed by atoms with Crippen molar-refractivity contribution in [2.75, 3.05) is 6.61 Å². The summed E-state index contributed by atoms with van der Waals surface area (Å²) in [5.74, 6) is 0.0186. The summed E-state index contributed by atoms with van der Waals surface area (Å²) in [6, 6.07) is 3.43. The summed E-state index contributed by atoms with van der Waals surface area (Å²) in [5, 5.41) is 10.9. The smallest absolute Gasteiger partial charge is 0.129 e. The molecule has 1 N–H and O–H groups in total. The van der Waals surface area contributed by atoms with Gasteiger partial charge in [-0.05, 0) is 37.0 Å². The van der Waals surface area contributed by atoms with Gasteiger partial charge in [0.2, 0.25) is 0 Å². The van der Waals surface area contributed by atoms with Crippen molar-refractivity contribution in [1.82, 2.24) is 0 Å². The Morgan fingerprint density at radius 1 is 1.37 bits per heavy atom. The predicted octanol–water partition coefficient (Wildman–Crippen LogP) is 3.47. The molecule has 1 heterocycles. The van der Waals surface area contributed by atoms with E-state index in [0.717, 1.165) is 11.1 Å². The summed E-state index contributed by atoms with van der Waals surface area (Å²) in [6.45, 7) is 8.34. The molecule has 1 aromatic carbocycles. The van der Waals surface area contributed by atoms with E-state index in [-0.39, 0.29) is 11.9 Å². The number of hydrogen-bond donors (Lipinski definition) is 1. The Hall–Kier alpha value is -0.930. The molecule has 0 aromatic heterocycles. The summed E-state index contributed by atoms with van der Waals surface area (Å²) in [4.78, 5) is 0. The highest BCUT2D eigenvalue weighted by Gasteiger charge is 2.40. The number of halogens is 1. The number of rotatable bonds is 2. The van der Waals surface area contributed by atoms with E-state index in [1.54, 1.807) is 0 Å².